The average molecular weight is 304 g/mol. The number of nitrogens with zero attached hydrogens (tertiary/aromatic N) is 1. The third-order valence-electron chi connectivity index (χ3n) is 2.70. The van der Waals surface area contributed by atoms with E-state index in [2.05, 4.69) is 5.32 Å². The number of rotatable bonds is 7. The zero-order chi connectivity index (χ0) is 15.4. The van der Waals surface area contributed by atoms with Crippen LogP contribution in [0.3, 0.4) is 0 Å². The molecule has 1 aromatic rings. The molecule has 0 aliphatic rings. The molecule has 0 spiro atoms. The van der Waals surface area contributed by atoms with E-state index in [1.807, 2.05) is 20.8 Å². The zero-order valence-electron chi connectivity index (χ0n) is 12.8. The third kappa shape index (κ3) is 4.90. The fraction of sp³-hybridized carbons (Fsp3) is 0.692. The van der Waals surface area contributed by atoms with Crippen molar-refractivity contribution in [3.8, 4) is 0 Å². The van der Waals surface area contributed by atoms with Gasteiger partial charge in [0.2, 0.25) is 5.09 Å². The van der Waals surface area contributed by atoms with Crippen molar-refractivity contribution in [2.75, 3.05) is 27.3 Å². The van der Waals surface area contributed by atoms with Crippen LogP contribution in [0.15, 0.2) is 21.6 Å². The van der Waals surface area contributed by atoms with Crippen molar-refractivity contribution in [3.63, 3.8) is 0 Å². The standard InChI is InChI=1S/C13H24N2O4S/c1-13(2,3)14-10-11-6-7-12(19-11)20(16,17)15(4)8-9-18-5/h6-7,14H,8-10H2,1-5H3. The molecule has 0 unspecified atom stereocenters. The number of sulfonamides is 1. The second kappa shape index (κ2) is 6.71. The van der Waals surface area contributed by atoms with Crippen LogP contribution < -0.4 is 5.32 Å². The van der Waals surface area contributed by atoms with E-state index >= 15 is 0 Å². The van der Waals surface area contributed by atoms with Crippen LogP contribution in [-0.2, 0) is 21.3 Å². The van der Waals surface area contributed by atoms with E-state index < -0.39 is 10.0 Å². The molecule has 0 saturated heterocycles. The summed E-state index contributed by atoms with van der Waals surface area (Å²) in [5, 5.41) is 3.20. The largest absolute Gasteiger partial charge is 0.447 e. The second-order valence-corrected chi connectivity index (χ2v) is 7.62. The molecule has 1 heterocycles. The first kappa shape index (κ1) is 17.2. The van der Waals surface area contributed by atoms with Gasteiger partial charge >= 0.3 is 0 Å². The minimum absolute atomic E-state index is 0.0400. The summed E-state index contributed by atoms with van der Waals surface area (Å²) in [6.45, 7) is 7.22. The molecule has 1 rings (SSSR count). The van der Waals surface area contributed by atoms with Crippen LogP contribution >= 0.6 is 0 Å². The average Bonchev–Trinajstić information content (AvgIpc) is 2.82. The van der Waals surface area contributed by atoms with Crippen molar-refractivity contribution >= 4 is 10.0 Å². The van der Waals surface area contributed by atoms with Crippen LogP contribution in [0.2, 0.25) is 0 Å². The van der Waals surface area contributed by atoms with Gasteiger partial charge in [-0.1, -0.05) is 0 Å². The molecule has 0 amide bonds. The summed E-state index contributed by atoms with van der Waals surface area (Å²) in [4.78, 5) is 0. The van der Waals surface area contributed by atoms with Gasteiger partial charge in [-0.25, -0.2) is 8.42 Å². The molecule has 0 fully saturated rings. The SMILES string of the molecule is COCCN(C)S(=O)(=O)c1ccc(CNC(C)(C)C)o1. The fourth-order valence-electron chi connectivity index (χ4n) is 1.44. The number of furan rings is 1. The lowest BCUT2D eigenvalue weighted by Gasteiger charge is -2.19. The van der Waals surface area contributed by atoms with Crippen LogP contribution in [-0.4, -0.2) is 45.6 Å². The molecule has 0 aliphatic carbocycles. The van der Waals surface area contributed by atoms with Gasteiger partial charge < -0.3 is 14.5 Å². The van der Waals surface area contributed by atoms with E-state index in [0.29, 0.717) is 18.9 Å². The minimum atomic E-state index is -3.59. The van der Waals surface area contributed by atoms with E-state index in [0.717, 1.165) is 0 Å². The van der Waals surface area contributed by atoms with Gasteiger partial charge in [0, 0.05) is 26.2 Å². The summed E-state index contributed by atoms with van der Waals surface area (Å²) in [7, 11) is -0.550. The smallest absolute Gasteiger partial charge is 0.276 e. The summed E-state index contributed by atoms with van der Waals surface area (Å²) in [6.07, 6.45) is 0. The molecule has 116 valence electrons. The molecule has 0 aromatic carbocycles. The van der Waals surface area contributed by atoms with E-state index in [-0.39, 0.29) is 17.2 Å². The molecule has 1 N–H and O–H groups in total. The Bertz CT molecular complexity index is 517. The predicted molar refractivity (Wildman–Crippen MR) is 77.0 cm³/mol. The van der Waals surface area contributed by atoms with Crippen LogP contribution in [0, 0.1) is 0 Å². The zero-order valence-corrected chi connectivity index (χ0v) is 13.6. The fourth-order valence-corrected chi connectivity index (χ4v) is 2.51. The predicted octanol–water partition coefficient (Wildman–Crippen LogP) is 1.43. The van der Waals surface area contributed by atoms with Crippen LogP contribution in [0.25, 0.3) is 0 Å². The van der Waals surface area contributed by atoms with Crippen molar-refractivity contribution < 1.29 is 17.6 Å². The quantitative estimate of drug-likeness (QED) is 0.825. The normalized spacial score (nSPS) is 13.1. The summed E-state index contributed by atoms with van der Waals surface area (Å²) in [5.74, 6) is 0.596. The van der Waals surface area contributed by atoms with E-state index in [1.165, 1.54) is 24.5 Å². The first-order chi connectivity index (χ1) is 9.16. The Hall–Kier alpha value is -0.890. The molecule has 0 radical (unpaired) electrons. The first-order valence-electron chi connectivity index (χ1n) is 6.46. The summed E-state index contributed by atoms with van der Waals surface area (Å²) < 4.78 is 35.9. The van der Waals surface area contributed by atoms with Crippen LogP contribution in [0.5, 0.6) is 0 Å². The molecule has 7 heteroatoms. The van der Waals surface area contributed by atoms with Gasteiger partial charge in [0.1, 0.15) is 5.76 Å². The van der Waals surface area contributed by atoms with Crippen LogP contribution in [0.1, 0.15) is 26.5 Å². The monoisotopic (exact) mass is 304 g/mol. The number of ether oxygens (including phenoxy) is 1. The molecular formula is C13H24N2O4S. The van der Waals surface area contributed by atoms with Crippen molar-refractivity contribution in [3.05, 3.63) is 17.9 Å². The molecule has 0 saturated carbocycles. The van der Waals surface area contributed by atoms with Gasteiger partial charge in [-0.3, -0.25) is 0 Å². The topological polar surface area (TPSA) is 71.8 Å². The Labute approximate surface area is 121 Å². The number of likely N-dealkylation sites (N-methyl/N-ethyl adjacent to an activating group) is 1. The van der Waals surface area contributed by atoms with E-state index in [4.69, 9.17) is 9.15 Å². The molecule has 0 bridgehead atoms. The molecule has 6 nitrogen and oxygen atoms in total. The number of methoxy groups -OCH3 is 1. The minimum Gasteiger partial charge on any atom is -0.447 e. The Kier molecular flexibility index (Phi) is 5.76. The van der Waals surface area contributed by atoms with Gasteiger partial charge in [0.05, 0.1) is 13.2 Å². The van der Waals surface area contributed by atoms with Gasteiger partial charge in [-0.05, 0) is 32.9 Å². The van der Waals surface area contributed by atoms with E-state index in [9.17, 15) is 8.42 Å². The lowest BCUT2D eigenvalue weighted by Crippen LogP contribution is -2.34. The highest BCUT2D eigenvalue weighted by Gasteiger charge is 2.24. The molecule has 0 aliphatic heterocycles. The molecular weight excluding hydrogens is 280 g/mol. The van der Waals surface area contributed by atoms with Crippen molar-refractivity contribution in [1.29, 1.82) is 0 Å². The highest BCUT2D eigenvalue weighted by atomic mass is 32.2. The Morgan fingerprint density at radius 1 is 1.35 bits per heavy atom. The summed E-state index contributed by atoms with van der Waals surface area (Å²) >= 11 is 0. The highest BCUT2D eigenvalue weighted by molar-refractivity contribution is 7.89. The first-order valence-corrected chi connectivity index (χ1v) is 7.90. The van der Waals surface area contributed by atoms with Gasteiger partial charge in [0.15, 0.2) is 0 Å². The highest BCUT2D eigenvalue weighted by Crippen LogP contribution is 2.18. The van der Waals surface area contributed by atoms with Crippen molar-refractivity contribution in [2.24, 2.45) is 0 Å². The second-order valence-electron chi connectivity index (χ2n) is 5.64. The van der Waals surface area contributed by atoms with Crippen LogP contribution in [0.4, 0.5) is 0 Å². The van der Waals surface area contributed by atoms with Gasteiger partial charge in [-0.15, -0.1) is 0 Å². The van der Waals surface area contributed by atoms with Gasteiger partial charge in [0.25, 0.3) is 10.0 Å². The van der Waals surface area contributed by atoms with Gasteiger partial charge in [-0.2, -0.15) is 4.31 Å². The number of hydrogen-bond acceptors (Lipinski definition) is 5. The van der Waals surface area contributed by atoms with Crippen molar-refractivity contribution in [1.82, 2.24) is 9.62 Å². The maximum absolute atomic E-state index is 12.2. The van der Waals surface area contributed by atoms with E-state index in [1.54, 1.807) is 6.07 Å². The lowest BCUT2D eigenvalue weighted by atomic mass is 10.1. The Balaban J connectivity index is 2.75. The maximum Gasteiger partial charge on any atom is 0.276 e. The lowest BCUT2D eigenvalue weighted by molar-refractivity contribution is 0.184. The number of nitrogens with one attached hydrogen (secondary N) is 1. The molecule has 1 aromatic heterocycles. The Morgan fingerprint density at radius 2 is 2.00 bits per heavy atom. The van der Waals surface area contributed by atoms with Crippen molar-refractivity contribution in [2.45, 2.75) is 37.9 Å². The Morgan fingerprint density at radius 3 is 2.55 bits per heavy atom. The maximum atomic E-state index is 12.2. The molecule has 20 heavy (non-hydrogen) atoms. The molecule has 0 atom stereocenters. The number of hydrogen-bond donors (Lipinski definition) is 1. The third-order valence-corrected chi connectivity index (χ3v) is 4.44. The summed E-state index contributed by atoms with van der Waals surface area (Å²) in [6, 6.07) is 3.16. The summed E-state index contributed by atoms with van der Waals surface area (Å²) in [5.41, 5.74) is -0.0545.